The van der Waals surface area contributed by atoms with E-state index in [-0.39, 0.29) is 17.8 Å². The summed E-state index contributed by atoms with van der Waals surface area (Å²) in [7, 11) is 1.32. The van der Waals surface area contributed by atoms with E-state index in [1.165, 1.54) is 19.4 Å². The van der Waals surface area contributed by atoms with Gasteiger partial charge in [-0.1, -0.05) is 0 Å². The minimum absolute atomic E-state index is 0.212. The van der Waals surface area contributed by atoms with E-state index in [0.29, 0.717) is 28.6 Å². The number of nitrogens with one attached hydrogen (secondary N) is 1. The zero-order valence-corrected chi connectivity index (χ0v) is 12.8. The van der Waals surface area contributed by atoms with Crippen molar-refractivity contribution in [3.05, 3.63) is 34.4 Å². The SMILES string of the molecule is COC(=O)CCCNc1ncc(Br)c2cc(F)cc(F)c12. The molecule has 112 valence electrons. The monoisotopic (exact) mass is 358 g/mol. The van der Waals surface area contributed by atoms with Crippen molar-refractivity contribution in [3.63, 3.8) is 0 Å². The molecule has 0 radical (unpaired) electrons. The molecule has 0 saturated heterocycles. The standard InChI is InChI=1S/C14H13BrF2N2O2/c1-21-12(20)3-2-4-18-14-13-9(10(15)7-19-14)5-8(16)6-11(13)17/h5-7H,2-4H2,1H3,(H,18,19). The average Bonchev–Trinajstić information content (AvgIpc) is 2.45. The molecule has 1 aromatic heterocycles. The highest BCUT2D eigenvalue weighted by molar-refractivity contribution is 9.10. The number of rotatable bonds is 5. The number of carbonyl (C=O) groups excluding carboxylic acids is 1. The third kappa shape index (κ3) is 3.66. The zero-order chi connectivity index (χ0) is 15.4. The summed E-state index contributed by atoms with van der Waals surface area (Å²) in [4.78, 5) is 15.1. The Morgan fingerprint density at radius 3 is 2.90 bits per heavy atom. The molecule has 0 bridgehead atoms. The molecule has 1 heterocycles. The van der Waals surface area contributed by atoms with Crippen LogP contribution in [-0.2, 0) is 9.53 Å². The number of methoxy groups -OCH3 is 1. The highest BCUT2D eigenvalue weighted by Gasteiger charge is 2.12. The van der Waals surface area contributed by atoms with Gasteiger partial charge in [0.05, 0.1) is 12.5 Å². The molecule has 1 N–H and O–H groups in total. The number of ether oxygens (including phenoxy) is 1. The van der Waals surface area contributed by atoms with E-state index in [4.69, 9.17) is 0 Å². The fourth-order valence-electron chi connectivity index (χ4n) is 1.93. The van der Waals surface area contributed by atoms with Gasteiger partial charge < -0.3 is 10.1 Å². The first-order valence-corrected chi connectivity index (χ1v) is 7.06. The quantitative estimate of drug-likeness (QED) is 0.654. The summed E-state index contributed by atoms with van der Waals surface area (Å²) in [5.74, 6) is -1.33. The minimum Gasteiger partial charge on any atom is -0.469 e. The van der Waals surface area contributed by atoms with E-state index < -0.39 is 11.6 Å². The zero-order valence-electron chi connectivity index (χ0n) is 11.3. The molecule has 0 aliphatic carbocycles. The van der Waals surface area contributed by atoms with Gasteiger partial charge in [-0.05, 0) is 28.4 Å². The van der Waals surface area contributed by atoms with Crippen molar-refractivity contribution < 1.29 is 18.3 Å². The van der Waals surface area contributed by atoms with Gasteiger partial charge >= 0.3 is 5.97 Å². The van der Waals surface area contributed by atoms with Crippen molar-refractivity contribution in [1.29, 1.82) is 0 Å². The third-order valence-corrected chi connectivity index (χ3v) is 3.57. The maximum Gasteiger partial charge on any atom is 0.305 e. The first-order valence-electron chi connectivity index (χ1n) is 6.27. The summed E-state index contributed by atoms with van der Waals surface area (Å²) in [6, 6.07) is 2.06. The summed E-state index contributed by atoms with van der Waals surface area (Å²) in [6.07, 6.45) is 2.26. The first kappa shape index (κ1) is 15.6. The van der Waals surface area contributed by atoms with Crippen molar-refractivity contribution in [2.45, 2.75) is 12.8 Å². The molecule has 0 amide bonds. The predicted octanol–water partition coefficient (Wildman–Crippen LogP) is 3.64. The second-order valence-electron chi connectivity index (χ2n) is 4.37. The number of nitrogens with zero attached hydrogens (tertiary/aromatic N) is 1. The van der Waals surface area contributed by atoms with Gasteiger partial charge in [-0.3, -0.25) is 4.79 Å². The average molecular weight is 359 g/mol. The van der Waals surface area contributed by atoms with Gasteiger partial charge in [-0.15, -0.1) is 0 Å². The Balaban J connectivity index is 2.21. The van der Waals surface area contributed by atoms with Crippen molar-refractivity contribution in [2.75, 3.05) is 19.0 Å². The molecule has 0 saturated carbocycles. The summed E-state index contributed by atoms with van der Waals surface area (Å²) < 4.78 is 32.3. The van der Waals surface area contributed by atoms with Crippen LogP contribution < -0.4 is 5.32 Å². The Morgan fingerprint density at radius 2 is 2.19 bits per heavy atom. The van der Waals surface area contributed by atoms with Gasteiger partial charge in [-0.2, -0.15) is 0 Å². The topological polar surface area (TPSA) is 51.2 Å². The number of carbonyl (C=O) groups is 1. The molecule has 0 unspecified atom stereocenters. The molecule has 21 heavy (non-hydrogen) atoms. The van der Waals surface area contributed by atoms with E-state index in [1.54, 1.807) is 0 Å². The molecule has 4 nitrogen and oxygen atoms in total. The molecule has 0 fully saturated rings. The Morgan fingerprint density at radius 1 is 1.43 bits per heavy atom. The number of pyridine rings is 1. The Bertz CT molecular complexity index is 680. The highest BCUT2D eigenvalue weighted by Crippen LogP contribution is 2.31. The van der Waals surface area contributed by atoms with Gasteiger partial charge in [0, 0.05) is 35.1 Å². The molecule has 0 aliphatic heterocycles. The van der Waals surface area contributed by atoms with Crippen LogP contribution in [-0.4, -0.2) is 24.6 Å². The van der Waals surface area contributed by atoms with Crippen LogP contribution in [0.15, 0.2) is 22.8 Å². The van der Waals surface area contributed by atoms with Crippen LogP contribution in [0.1, 0.15) is 12.8 Å². The van der Waals surface area contributed by atoms with E-state index in [9.17, 15) is 13.6 Å². The predicted molar refractivity (Wildman–Crippen MR) is 79.1 cm³/mol. The summed E-state index contributed by atoms with van der Waals surface area (Å²) in [6.45, 7) is 0.426. The summed E-state index contributed by atoms with van der Waals surface area (Å²) in [5.41, 5.74) is 0. The van der Waals surface area contributed by atoms with Gasteiger partial charge in [0.15, 0.2) is 0 Å². The molecule has 2 rings (SSSR count). The summed E-state index contributed by atoms with van der Waals surface area (Å²) in [5, 5.41) is 3.57. The molecule has 0 spiro atoms. The second-order valence-corrected chi connectivity index (χ2v) is 5.23. The minimum atomic E-state index is -0.686. The van der Waals surface area contributed by atoms with Crippen LogP contribution in [0.2, 0.25) is 0 Å². The Hall–Kier alpha value is -1.76. The second kappa shape index (κ2) is 6.80. The number of hydrogen-bond acceptors (Lipinski definition) is 4. The number of anilines is 1. The largest absolute Gasteiger partial charge is 0.469 e. The van der Waals surface area contributed by atoms with E-state index >= 15 is 0 Å². The number of fused-ring (bicyclic) bond motifs is 1. The number of esters is 1. The lowest BCUT2D eigenvalue weighted by Crippen LogP contribution is -2.08. The lowest BCUT2D eigenvalue weighted by atomic mass is 10.1. The molecule has 1 aromatic carbocycles. The van der Waals surface area contributed by atoms with Crippen LogP contribution in [0, 0.1) is 11.6 Å². The van der Waals surface area contributed by atoms with Gasteiger partial charge in [0.1, 0.15) is 17.5 Å². The maximum absolute atomic E-state index is 14.0. The fourth-order valence-corrected chi connectivity index (χ4v) is 2.35. The lowest BCUT2D eigenvalue weighted by molar-refractivity contribution is -0.140. The van der Waals surface area contributed by atoms with E-state index in [2.05, 4.69) is 31.0 Å². The van der Waals surface area contributed by atoms with Crippen molar-refractivity contribution in [3.8, 4) is 0 Å². The van der Waals surface area contributed by atoms with Gasteiger partial charge in [0.2, 0.25) is 0 Å². The fraction of sp³-hybridized carbons (Fsp3) is 0.286. The molecule has 7 heteroatoms. The molecular formula is C14H13BrF2N2O2. The highest BCUT2D eigenvalue weighted by atomic mass is 79.9. The van der Waals surface area contributed by atoms with E-state index in [0.717, 1.165) is 6.07 Å². The van der Waals surface area contributed by atoms with Crippen molar-refractivity contribution in [1.82, 2.24) is 4.98 Å². The van der Waals surface area contributed by atoms with Crippen LogP contribution in [0.3, 0.4) is 0 Å². The van der Waals surface area contributed by atoms with Crippen LogP contribution in [0.4, 0.5) is 14.6 Å². The molecule has 0 atom stereocenters. The van der Waals surface area contributed by atoms with Crippen LogP contribution in [0.25, 0.3) is 10.8 Å². The Kier molecular flexibility index (Phi) is 5.06. The first-order chi connectivity index (χ1) is 10.0. The van der Waals surface area contributed by atoms with Crippen LogP contribution >= 0.6 is 15.9 Å². The van der Waals surface area contributed by atoms with Crippen LogP contribution in [0.5, 0.6) is 0 Å². The Labute approximate surface area is 128 Å². The third-order valence-electron chi connectivity index (χ3n) is 2.93. The van der Waals surface area contributed by atoms with Gasteiger partial charge in [-0.25, -0.2) is 13.8 Å². The lowest BCUT2D eigenvalue weighted by Gasteiger charge is -2.10. The number of halogens is 3. The molecule has 0 aliphatic rings. The maximum atomic E-state index is 14.0. The normalized spacial score (nSPS) is 10.7. The number of hydrogen-bond donors (Lipinski definition) is 1. The van der Waals surface area contributed by atoms with Gasteiger partial charge in [0.25, 0.3) is 0 Å². The van der Waals surface area contributed by atoms with Crippen molar-refractivity contribution in [2.24, 2.45) is 0 Å². The van der Waals surface area contributed by atoms with Crippen molar-refractivity contribution >= 4 is 38.5 Å². The molecular weight excluding hydrogens is 346 g/mol. The summed E-state index contributed by atoms with van der Waals surface area (Å²) >= 11 is 3.22. The number of benzene rings is 1. The number of aromatic nitrogens is 1. The van der Waals surface area contributed by atoms with E-state index in [1.807, 2.05) is 0 Å². The smallest absolute Gasteiger partial charge is 0.305 e. The molecule has 2 aromatic rings.